The molecule has 1 atom stereocenters. The van der Waals surface area contributed by atoms with Crippen LogP contribution in [0.2, 0.25) is 0 Å². The van der Waals surface area contributed by atoms with Crippen LogP contribution >= 0.6 is 7.82 Å². The summed E-state index contributed by atoms with van der Waals surface area (Å²) in [4.78, 5) is 32.4. The van der Waals surface area contributed by atoms with Gasteiger partial charge in [0.1, 0.15) is 6.10 Å². The molecular formula is C21H39O7P-2. The lowest BCUT2D eigenvalue weighted by atomic mass is 10.1. The smallest absolute Gasteiger partial charge is 0.306 e. The number of hydrogen-bond donors (Lipinski definition) is 1. The first-order valence-corrected chi connectivity index (χ1v) is 12.5. The Morgan fingerprint density at radius 3 is 1.97 bits per heavy atom. The van der Waals surface area contributed by atoms with Gasteiger partial charge in [-0.05, 0) is 32.1 Å². The van der Waals surface area contributed by atoms with E-state index in [4.69, 9.17) is 9.84 Å². The van der Waals surface area contributed by atoms with Crippen LogP contribution in [0.15, 0.2) is 12.2 Å². The van der Waals surface area contributed by atoms with Crippen molar-refractivity contribution in [3.63, 3.8) is 0 Å². The number of unbranched alkanes of at least 4 members (excludes halogenated alkanes) is 11. The number of rotatable bonds is 20. The molecule has 0 saturated heterocycles. The standard InChI is InChI=1S/C21H41O7P/c1-2-3-4-5-6-7-8-9-10-11-12-13-14-15-16-17-21(23)28-20(18-22)19-27-29(24,25)26/h9-10,20,22H,2-8,11-19H2,1H3,(H2,24,25,26)/p-2/b10-9-/t20-/m1/s1. The number of esters is 1. The van der Waals surface area contributed by atoms with Crippen molar-refractivity contribution in [2.24, 2.45) is 0 Å². The van der Waals surface area contributed by atoms with Crippen molar-refractivity contribution in [3.05, 3.63) is 12.2 Å². The van der Waals surface area contributed by atoms with Gasteiger partial charge in [-0.2, -0.15) is 0 Å². The van der Waals surface area contributed by atoms with Gasteiger partial charge in [-0.3, -0.25) is 4.79 Å². The molecule has 0 spiro atoms. The van der Waals surface area contributed by atoms with Crippen LogP contribution in [0, 0.1) is 0 Å². The minimum Gasteiger partial charge on any atom is -0.790 e. The van der Waals surface area contributed by atoms with E-state index in [1.807, 2.05) is 0 Å². The molecule has 0 rings (SSSR count). The van der Waals surface area contributed by atoms with E-state index < -0.39 is 33.1 Å². The van der Waals surface area contributed by atoms with Gasteiger partial charge in [0.25, 0.3) is 0 Å². The Balaban J connectivity index is 3.49. The molecule has 0 aromatic rings. The predicted molar refractivity (Wildman–Crippen MR) is 110 cm³/mol. The van der Waals surface area contributed by atoms with Gasteiger partial charge < -0.3 is 28.7 Å². The van der Waals surface area contributed by atoms with Crippen molar-refractivity contribution >= 4 is 13.8 Å². The van der Waals surface area contributed by atoms with E-state index in [1.54, 1.807) is 0 Å². The third-order valence-electron chi connectivity index (χ3n) is 4.56. The zero-order chi connectivity index (χ0) is 21.8. The molecule has 29 heavy (non-hydrogen) atoms. The van der Waals surface area contributed by atoms with Crippen molar-refractivity contribution in [1.29, 1.82) is 0 Å². The average Bonchev–Trinajstić information content (AvgIpc) is 2.67. The lowest BCUT2D eigenvalue weighted by Crippen LogP contribution is -2.29. The van der Waals surface area contributed by atoms with Gasteiger partial charge in [-0.25, -0.2) is 0 Å². The second-order valence-electron chi connectivity index (χ2n) is 7.37. The summed E-state index contributed by atoms with van der Waals surface area (Å²) >= 11 is 0. The minimum absolute atomic E-state index is 0.196. The molecule has 0 aromatic carbocycles. The normalized spacial score (nSPS) is 13.1. The molecule has 0 aromatic heterocycles. The van der Waals surface area contributed by atoms with Crippen molar-refractivity contribution in [3.8, 4) is 0 Å². The number of aliphatic hydroxyl groups is 1. The SMILES string of the molecule is CCCCCCCC/C=C\CCCCCCCC(=O)O[C@H](CO)COP(=O)([O-])[O-]. The lowest BCUT2D eigenvalue weighted by Gasteiger charge is -2.30. The van der Waals surface area contributed by atoms with E-state index in [9.17, 15) is 19.1 Å². The molecule has 172 valence electrons. The highest BCUT2D eigenvalue weighted by atomic mass is 31.2. The zero-order valence-corrected chi connectivity index (χ0v) is 18.8. The fourth-order valence-electron chi connectivity index (χ4n) is 2.88. The molecular weight excluding hydrogens is 395 g/mol. The Bertz CT molecular complexity index is 462. The van der Waals surface area contributed by atoms with Crippen molar-refractivity contribution < 1.29 is 33.5 Å². The lowest BCUT2D eigenvalue weighted by molar-refractivity contribution is -0.343. The number of phosphoric ester groups is 1. The Kier molecular flexibility index (Phi) is 18.8. The van der Waals surface area contributed by atoms with Crippen LogP contribution in [-0.4, -0.2) is 30.4 Å². The third-order valence-corrected chi connectivity index (χ3v) is 5.03. The highest BCUT2D eigenvalue weighted by Crippen LogP contribution is 2.24. The molecule has 0 unspecified atom stereocenters. The molecule has 0 amide bonds. The van der Waals surface area contributed by atoms with Gasteiger partial charge in [0.05, 0.1) is 21.0 Å². The number of allylic oxidation sites excluding steroid dienone is 2. The number of carbonyl (C=O) groups is 1. The van der Waals surface area contributed by atoms with E-state index >= 15 is 0 Å². The first-order valence-electron chi connectivity index (χ1n) is 11.0. The second-order valence-corrected chi connectivity index (χ2v) is 8.52. The molecule has 0 fully saturated rings. The van der Waals surface area contributed by atoms with E-state index in [0.29, 0.717) is 6.42 Å². The Morgan fingerprint density at radius 2 is 1.45 bits per heavy atom. The summed E-state index contributed by atoms with van der Waals surface area (Å²) in [5.41, 5.74) is 0. The summed E-state index contributed by atoms with van der Waals surface area (Å²) in [6.07, 6.45) is 18.7. The molecule has 8 heteroatoms. The van der Waals surface area contributed by atoms with Crippen LogP contribution in [-0.2, 0) is 18.6 Å². The fraction of sp³-hybridized carbons (Fsp3) is 0.857. The monoisotopic (exact) mass is 434 g/mol. The van der Waals surface area contributed by atoms with Crippen LogP contribution in [0.3, 0.4) is 0 Å². The van der Waals surface area contributed by atoms with E-state index in [1.165, 1.54) is 44.9 Å². The number of aliphatic hydroxyl groups excluding tert-OH is 1. The van der Waals surface area contributed by atoms with Gasteiger partial charge in [0.2, 0.25) is 0 Å². The molecule has 0 radical (unpaired) electrons. The quantitative estimate of drug-likeness (QED) is 0.134. The topological polar surface area (TPSA) is 119 Å². The van der Waals surface area contributed by atoms with Crippen LogP contribution < -0.4 is 9.79 Å². The molecule has 0 bridgehead atoms. The van der Waals surface area contributed by atoms with Gasteiger partial charge in [-0.1, -0.05) is 70.4 Å². The number of ether oxygens (including phenoxy) is 1. The van der Waals surface area contributed by atoms with Crippen molar-refractivity contribution in [1.82, 2.24) is 0 Å². The molecule has 0 aliphatic carbocycles. The fourth-order valence-corrected chi connectivity index (χ4v) is 3.23. The van der Waals surface area contributed by atoms with Gasteiger partial charge in [-0.15, -0.1) is 0 Å². The largest absolute Gasteiger partial charge is 0.790 e. The molecule has 0 heterocycles. The Morgan fingerprint density at radius 1 is 0.931 bits per heavy atom. The third kappa shape index (κ3) is 21.8. The van der Waals surface area contributed by atoms with Crippen LogP contribution in [0.4, 0.5) is 0 Å². The molecule has 7 nitrogen and oxygen atoms in total. The number of phosphoric acid groups is 1. The van der Waals surface area contributed by atoms with Gasteiger partial charge >= 0.3 is 5.97 Å². The summed E-state index contributed by atoms with van der Waals surface area (Å²) in [5, 5.41) is 9.02. The van der Waals surface area contributed by atoms with Crippen molar-refractivity contribution in [2.45, 2.75) is 103 Å². The average molecular weight is 435 g/mol. The second kappa shape index (κ2) is 19.3. The molecule has 0 saturated carbocycles. The van der Waals surface area contributed by atoms with Crippen LogP contribution in [0.25, 0.3) is 0 Å². The molecule has 0 aliphatic rings. The van der Waals surface area contributed by atoms with Crippen molar-refractivity contribution in [2.75, 3.05) is 13.2 Å². The maximum Gasteiger partial charge on any atom is 0.306 e. The van der Waals surface area contributed by atoms with E-state index in [2.05, 4.69) is 23.6 Å². The number of carbonyl (C=O) groups excluding carboxylic acids is 1. The highest BCUT2D eigenvalue weighted by Gasteiger charge is 2.14. The van der Waals surface area contributed by atoms with E-state index in [0.717, 1.165) is 32.1 Å². The Hall–Kier alpha value is -0.720. The Labute approximate surface area is 176 Å². The summed E-state index contributed by atoms with van der Waals surface area (Å²) < 4.78 is 19.3. The maximum atomic E-state index is 11.6. The highest BCUT2D eigenvalue weighted by molar-refractivity contribution is 7.43. The first-order chi connectivity index (χ1) is 13.9. The van der Waals surface area contributed by atoms with E-state index in [-0.39, 0.29) is 6.42 Å². The minimum atomic E-state index is -5.14. The summed E-state index contributed by atoms with van der Waals surface area (Å²) in [5.74, 6) is -0.531. The number of hydrogen-bond acceptors (Lipinski definition) is 7. The van der Waals surface area contributed by atoms with Gasteiger partial charge in [0, 0.05) is 6.42 Å². The first kappa shape index (κ1) is 28.3. The zero-order valence-electron chi connectivity index (χ0n) is 17.9. The maximum absolute atomic E-state index is 11.6. The molecule has 1 N–H and O–H groups in total. The predicted octanol–water partition coefficient (Wildman–Crippen LogP) is 3.77. The summed E-state index contributed by atoms with van der Waals surface area (Å²) in [7, 11) is -5.14. The summed E-state index contributed by atoms with van der Waals surface area (Å²) in [6.45, 7) is 0.982. The molecule has 0 aliphatic heterocycles. The summed E-state index contributed by atoms with van der Waals surface area (Å²) in [6, 6.07) is 0. The van der Waals surface area contributed by atoms with Crippen LogP contribution in [0.5, 0.6) is 0 Å². The van der Waals surface area contributed by atoms with Crippen LogP contribution in [0.1, 0.15) is 96.8 Å². The van der Waals surface area contributed by atoms with Gasteiger partial charge in [0.15, 0.2) is 0 Å².